The van der Waals surface area contributed by atoms with Crippen molar-refractivity contribution in [3.63, 3.8) is 0 Å². The van der Waals surface area contributed by atoms with Crippen LogP contribution in [0, 0.1) is 6.92 Å². The minimum atomic E-state index is -0.275. The van der Waals surface area contributed by atoms with E-state index in [4.69, 9.17) is 4.74 Å². The molecule has 2 aromatic rings. The third-order valence-electron chi connectivity index (χ3n) is 3.48. The van der Waals surface area contributed by atoms with Crippen LogP contribution in [0.3, 0.4) is 0 Å². The first kappa shape index (κ1) is 13.4. The molecule has 0 radical (unpaired) electrons. The number of carbonyl (C=O) groups excluding carboxylic acids is 1. The van der Waals surface area contributed by atoms with Gasteiger partial charge < -0.3 is 10.1 Å². The molecule has 108 valence electrons. The highest BCUT2D eigenvalue weighted by molar-refractivity contribution is 5.91. The van der Waals surface area contributed by atoms with Crippen LogP contribution in [-0.4, -0.2) is 24.2 Å². The highest BCUT2D eigenvalue weighted by Gasteiger charge is 2.24. The number of benzene rings is 1. The minimum absolute atomic E-state index is 0.275. The first-order valence-corrected chi connectivity index (χ1v) is 6.92. The Hall–Kier alpha value is -2.56. The summed E-state index contributed by atoms with van der Waals surface area (Å²) in [6.07, 6.45) is 3.31. The van der Waals surface area contributed by atoms with E-state index in [0.29, 0.717) is 19.7 Å². The second kappa shape index (κ2) is 5.83. The molecule has 0 unspecified atom stereocenters. The number of hydrogen-bond acceptors (Lipinski definition) is 4. The van der Waals surface area contributed by atoms with E-state index >= 15 is 0 Å². The smallest absolute Gasteiger partial charge is 0.414 e. The zero-order valence-corrected chi connectivity index (χ0v) is 11.9. The third-order valence-corrected chi connectivity index (χ3v) is 3.48. The van der Waals surface area contributed by atoms with E-state index in [-0.39, 0.29) is 6.09 Å². The lowest BCUT2D eigenvalue weighted by atomic mass is 10.1. The number of carbonyl (C=O) groups is 1. The Labute approximate surface area is 123 Å². The number of pyridine rings is 1. The van der Waals surface area contributed by atoms with E-state index in [1.807, 2.05) is 43.5 Å². The maximum absolute atomic E-state index is 11.7. The van der Waals surface area contributed by atoms with Crippen LogP contribution in [0.5, 0.6) is 0 Å². The summed E-state index contributed by atoms with van der Waals surface area (Å²) in [7, 11) is 0. The quantitative estimate of drug-likeness (QED) is 0.937. The predicted octanol–water partition coefficient (Wildman–Crippen LogP) is 2.96. The zero-order chi connectivity index (χ0) is 14.7. The van der Waals surface area contributed by atoms with Gasteiger partial charge in [-0.1, -0.05) is 12.1 Å². The van der Waals surface area contributed by atoms with Crippen molar-refractivity contribution in [3.05, 3.63) is 53.9 Å². The second-order valence-corrected chi connectivity index (χ2v) is 4.98. The molecule has 1 saturated heterocycles. The van der Waals surface area contributed by atoms with E-state index in [1.54, 1.807) is 11.1 Å². The second-order valence-electron chi connectivity index (χ2n) is 4.98. The van der Waals surface area contributed by atoms with E-state index in [0.717, 1.165) is 22.5 Å². The number of hydrogen-bond donors (Lipinski definition) is 1. The molecule has 1 aliphatic rings. The van der Waals surface area contributed by atoms with Gasteiger partial charge in [0, 0.05) is 24.6 Å². The Morgan fingerprint density at radius 2 is 2.29 bits per heavy atom. The van der Waals surface area contributed by atoms with Gasteiger partial charge in [-0.3, -0.25) is 9.88 Å². The normalized spacial score (nSPS) is 14.1. The molecule has 5 heteroatoms. The van der Waals surface area contributed by atoms with Crippen LogP contribution in [-0.2, 0) is 11.3 Å². The monoisotopic (exact) mass is 283 g/mol. The number of ether oxygens (including phenoxy) is 1. The SMILES string of the molecule is Cc1ccc(NCc2cccnc2)cc1N1CCOC1=O. The number of aromatic nitrogens is 1. The Balaban J connectivity index is 1.76. The summed E-state index contributed by atoms with van der Waals surface area (Å²) in [6, 6.07) is 9.94. The van der Waals surface area contributed by atoms with Gasteiger partial charge in [-0.2, -0.15) is 0 Å². The summed E-state index contributed by atoms with van der Waals surface area (Å²) in [5, 5.41) is 3.35. The molecule has 0 spiro atoms. The summed E-state index contributed by atoms with van der Waals surface area (Å²) < 4.78 is 5.00. The number of anilines is 2. The summed E-state index contributed by atoms with van der Waals surface area (Å²) in [4.78, 5) is 17.5. The highest BCUT2D eigenvalue weighted by Crippen LogP contribution is 2.26. The van der Waals surface area contributed by atoms with Crippen LogP contribution in [0.2, 0.25) is 0 Å². The molecule has 1 aromatic heterocycles. The largest absolute Gasteiger partial charge is 0.447 e. The fourth-order valence-corrected chi connectivity index (χ4v) is 2.33. The molecule has 3 rings (SSSR count). The van der Waals surface area contributed by atoms with Crippen LogP contribution in [0.4, 0.5) is 16.2 Å². The average molecular weight is 283 g/mol. The lowest BCUT2D eigenvalue weighted by molar-refractivity contribution is 0.181. The molecule has 0 atom stereocenters. The molecule has 1 fully saturated rings. The highest BCUT2D eigenvalue weighted by atomic mass is 16.6. The van der Waals surface area contributed by atoms with Crippen molar-refractivity contribution in [1.29, 1.82) is 0 Å². The molecule has 1 aliphatic heterocycles. The van der Waals surface area contributed by atoms with Crippen LogP contribution in [0.25, 0.3) is 0 Å². The maximum atomic E-state index is 11.7. The van der Waals surface area contributed by atoms with Crippen LogP contribution in [0.1, 0.15) is 11.1 Å². The minimum Gasteiger partial charge on any atom is -0.447 e. The molecule has 2 heterocycles. The zero-order valence-electron chi connectivity index (χ0n) is 11.9. The first-order valence-electron chi connectivity index (χ1n) is 6.92. The van der Waals surface area contributed by atoms with Crippen molar-refractivity contribution in [2.75, 3.05) is 23.4 Å². The molecule has 1 aromatic carbocycles. The lowest BCUT2D eigenvalue weighted by Crippen LogP contribution is -2.24. The van der Waals surface area contributed by atoms with Gasteiger partial charge in [0.25, 0.3) is 0 Å². The fourth-order valence-electron chi connectivity index (χ4n) is 2.33. The van der Waals surface area contributed by atoms with Crippen LogP contribution in [0.15, 0.2) is 42.7 Å². The van der Waals surface area contributed by atoms with Gasteiger partial charge in [0.1, 0.15) is 6.61 Å². The maximum Gasteiger partial charge on any atom is 0.414 e. The van der Waals surface area contributed by atoms with Crippen LogP contribution >= 0.6 is 0 Å². The van der Waals surface area contributed by atoms with E-state index in [1.165, 1.54) is 0 Å². The van der Waals surface area contributed by atoms with Crippen molar-refractivity contribution in [1.82, 2.24) is 4.98 Å². The number of cyclic esters (lactones) is 1. The molecular formula is C16H17N3O2. The van der Waals surface area contributed by atoms with Gasteiger partial charge in [-0.05, 0) is 36.2 Å². The van der Waals surface area contributed by atoms with Gasteiger partial charge in [0.05, 0.1) is 12.2 Å². The van der Waals surface area contributed by atoms with E-state index in [2.05, 4.69) is 10.3 Å². The molecule has 21 heavy (non-hydrogen) atoms. The molecule has 1 amide bonds. The standard InChI is InChI=1S/C16H17N3O2/c1-12-4-5-14(18-11-13-3-2-6-17-10-13)9-15(12)19-7-8-21-16(19)20/h2-6,9-10,18H,7-8,11H2,1H3. The Bertz CT molecular complexity index is 643. The predicted molar refractivity (Wildman–Crippen MR) is 81.4 cm³/mol. The van der Waals surface area contributed by atoms with Gasteiger partial charge in [0.15, 0.2) is 0 Å². The number of nitrogens with zero attached hydrogens (tertiary/aromatic N) is 2. The van der Waals surface area contributed by atoms with Gasteiger partial charge >= 0.3 is 6.09 Å². The van der Waals surface area contributed by atoms with Crippen molar-refractivity contribution in [2.45, 2.75) is 13.5 Å². The summed E-state index contributed by atoms with van der Waals surface area (Å²) in [6.45, 7) is 3.74. The molecule has 0 bridgehead atoms. The van der Waals surface area contributed by atoms with E-state index in [9.17, 15) is 4.79 Å². The van der Waals surface area contributed by atoms with E-state index < -0.39 is 0 Å². The summed E-state index contributed by atoms with van der Waals surface area (Å²) in [5.41, 5.74) is 4.04. The lowest BCUT2D eigenvalue weighted by Gasteiger charge is -2.17. The summed E-state index contributed by atoms with van der Waals surface area (Å²) in [5.74, 6) is 0. The Kier molecular flexibility index (Phi) is 3.73. The Morgan fingerprint density at radius 1 is 1.38 bits per heavy atom. The van der Waals surface area contributed by atoms with Crippen molar-refractivity contribution in [3.8, 4) is 0 Å². The van der Waals surface area contributed by atoms with Gasteiger partial charge in [0.2, 0.25) is 0 Å². The topological polar surface area (TPSA) is 54.5 Å². The molecule has 1 N–H and O–H groups in total. The van der Waals surface area contributed by atoms with Crippen molar-refractivity contribution in [2.24, 2.45) is 0 Å². The van der Waals surface area contributed by atoms with Gasteiger partial charge in [-0.25, -0.2) is 4.79 Å². The summed E-state index contributed by atoms with van der Waals surface area (Å²) >= 11 is 0. The molecule has 0 saturated carbocycles. The van der Waals surface area contributed by atoms with Crippen LogP contribution < -0.4 is 10.2 Å². The van der Waals surface area contributed by atoms with Crippen molar-refractivity contribution < 1.29 is 9.53 Å². The van der Waals surface area contributed by atoms with Crippen molar-refractivity contribution >= 4 is 17.5 Å². The fraction of sp³-hybridized carbons (Fsp3) is 0.250. The number of amides is 1. The Morgan fingerprint density at radius 3 is 3.00 bits per heavy atom. The number of rotatable bonds is 4. The molecule has 5 nitrogen and oxygen atoms in total. The van der Waals surface area contributed by atoms with Gasteiger partial charge in [-0.15, -0.1) is 0 Å². The number of aryl methyl sites for hydroxylation is 1. The molecular weight excluding hydrogens is 266 g/mol. The first-order chi connectivity index (χ1) is 10.2. The molecule has 0 aliphatic carbocycles. The number of nitrogens with one attached hydrogen (secondary N) is 1. The third kappa shape index (κ3) is 2.97. The average Bonchev–Trinajstić information content (AvgIpc) is 2.93.